The van der Waals surface area contributed by atoms with Gasteiger partial charge in [-0.05, 0) is 27.6 Å². The summed E-state index contributed by atoms with van der Waals surface area (Å²) in [5.41, 5.74) is 7.86. The average Bonchev–Trinajstić information content (AvgIpc) is 3.06. The van der Waals surface area contributed by atoms with Gasteiger partial charge in [-0.15, -0.1) is 0 Å². The minimum Gasteiger partial charge on any atom is -0.493 e. The number of ether oxygens (including phenoxy) is 3. The second-order valence-corrected chi connectivity index (χ2v) is 7.29. The highest BCUT2D eigenvalue weighted by Crippen LogP contribution is 2.45. The number of aromatic nitrogens is 3. The Balaban J connectivity index is 2.18. The van der Waals surface area contributed by atoms with Gasteiger partial charge in [-0.2, -0.15) is 4.98 Å². The van der Waals surface area contributed by atoms with Crippen molar-refractivity contribution in [3.8, 4) is 29.1 Å². The summed E-state index contributed by atoms with van der Waals surface area (Å²) < 4.78 is 19.0. The fraction of sp³-hybridized carbons (Fsp3) is 0.300. The van der Waals surface area contributed by atoms with Gasteiger partial charge in [-0.25, -0.2) is 4.98 Å². The summed E-state index contributed by atoms with van der Waals surface area (Å²) in [6.45, 7) is 0.365. The molecule has 0 atom stereocenters. The van der Waals surface area contributed by atoms with Gasteiger partial charge in [0.1, 0.15) is 10.8 Å². The number of benzene rings is 1. The molecule has 0 unspecified atom stereocenters. The Morgan fingerprint density at radius 3 is 2.57 bits per heavy atom. The minimum atomic E-state index is -0.0266. The zero-order valence-electron chi connectivity index (χ0n) is 16.6. The molecule has 2 aromatic heterocycles. The molecule has 0 saturated carbocycles. The lowest BCUT2D eigenvalue weighted by atomic mass is 10.1. The number of anilines is 1. The summed E-state index contributed by atoms with van der Waals surface area (Å²) in [6, 6.07) is 1.85. The first-order valence-electron chi connectivity index (χ1n) is 8.84. The maximum absolute atomic E-state index is 9.01. The molecule has 3 aromatic rings. The van der Waals surface area contributed by atoms with Crippen molar-refractivity contribution in [1.82, 2.24) is 14.5 Å². The number of halogens is 2. The smallest absolute Gasteiger partial charge is 0.223 e. The molecule has 3 rings (SSSR count). The predicted molar refractivity (Wildman–Crippen MR) is 118 cm³/mol. The first-order chi connectivity index (χ1) is 14.4. The summed E-state index contributed by atoms with van der Waals surface area (Å²) in [5, 5.41) is 9.82. The normalized spacial score (nSPS) is 10.6. The Morgan fingerprint density at radius 1 is 1.20 bits per heavy atom. The third kappa shape index (κ3) is 4.12. The second kappa shape index (κ2) is 9.43. The molecule has 0 aliphatic rings. The van der Waals surface area contributed by atoms with Crippen LogP contribution in [0.25, 0.3) is 11.0 Å². The number of nitrogens with zero attached hydrogens (tertiary/aromatic N) is 3. The Bertz CT molecular complexity index is 1150. The summed E-state index contributed by atoms with van der Waals surface area (Å²) in [5.74, 6) is 7.50. The largest absolute Gasteiger partial charge is 0.493 e. The molecule has 2 heterocycles. The fourth-order valence-electron chi connectivity index (χ4n) is 3.06. The number of nitrogen functional groups attached to an aromatic ring is 1. The molecule has 0 fully saturated rings. The van der Waals surface area contributed by atoms with Crippen molar-refractivity contribution in [2.75, 3.05) is 33.7 Å². The molecular formula is C20H20BrClN4O4. The van der Waals surface area contributed by atoms with Crippen LogP contribution in [0.3, 0.4) is 0 Å². The molecule has 1 aromatic carbocycles. The van der Waals surface area contributed by atoms with Gasteiger partial charge in [-0.3, -0.25) is 0 Å². The number of hydrogen-bond donors (Lipinski definition) is 2. The SMILES string of the molecule is COc1cc(Cn2cc(C#CCCO)c3c(Cl)nc(N)nc32)c(Br)c(OC)c1OC. The molecule has 0 spiro atoms. The molecule has 0 bridgehead atoms. The zero-order chi connectivity index (χ0) is 21.8. The average molecular weight is 496 g/mol. The van der Waals surface area contributed by atoms with Crippen LogP contribution in [0.15, 0.2) is 16.7 Å². The predicted octanol–water partition coefficient (Wildman–Crippen LogP) is 3.24. The van der Waals surface area contributed by atoms with Gasteiger partial charge in [-0.1, -0.05) is 23.4 Å². The Kier molecular flexibility index (Phi) is 6.92. The van der Waals surface area contributed by atoms with E-state index in [9.17, 15) is 0 Å². The first kappa shape index (κ1) is 22.0. The number of methoxy groups -OCH3 is 3. The van der Waals surface area contributed by atoms with Crippen molar-refractivity contribution in [2.45, 2.75) is 13.0 Å². The number of rotatable bonds is 6. The van der Waals surface area contributed by atoms with Crippen LogP contribution in [0.4, 0.5) is 5.95 Å². The van der Waals surface area contributed by atoms with Gasteiger partial charge in [0.05, 0.1) is 49.9 Å². The highest BCUT2D eigenvalue weighted by atomic mass is 79.9. The van der Waals surface area contributed by atoms with Crippen LogP contribution < -0.4 is 19.9 Å². The van der Waals surface area contributed by atoms with Crippen molar-refractivity contribution in [3.63, 3.8) is 0 Å². The van der Waals surface area contributed by atoms with Crippen molar-refractivity contribution >= 4 is 44.5 Å². The molecular weight excluding hydrogens is 476 g/mol. The number of hydrogen-bond acceptors (Lipinski definition) is 7. The lowest BCUT2D eigenvalue weighted by Crippen LogP contribution is -2.05. The minimum absolute atomic E-state index is 0.0266. The summed E-state index contributed by atoms with van der Waals surface area (Å²) >= 11 is 9.93. The molecule has 0 saturated heterocycles. The molecule has 0 aliphatic heterocycles. The Hall–Kier alpha value is -2.67. The van der Waals surface area contributed by atoms with Crippen LogP contribution in [0, 0.1) is 11.8 Å². The lowest BCUT2D eigenvalue weighted by molar-refractivity contribution is 0.305. The number of nitrogens with two attached hydrogens (primary N) is 1. The van der Waals surface area contributed by atoms with E-state index in [2.05, 4.69) is 37.7 Å². The van der Waals surface area contributed by atoms with E-state index < -0.39 is 0 Å². The van der Waals surface area contributed by atoms with Crippen LogP contribution in [-0.4, -0.2) is 47.6 Å². The maximum Gasteiger partial charge on any atom is 0.223 e. The van der Waals surface area contributed by atoms with Crippen LogP contribution in [0.2, 0.25) is 5.15 Å². The summed E-state index contributed by atoms with van der Waals surface area (Å²) in [6.07, 6.45) is 2.17. The fourth-order valence-corrected chi connectivity index (χ4v) is 3.91. The summed E-state index contributed by atoms with van der Waals surface area (Å²) in [7, 11) is 4.66. The Morgan fingerprint density at radius 2 is 1.93 bits per heavy atom. The van der Waals surface area contributed by atoms with E-state index in [1.54, 1.807) is 21.3 Å². The van der Waals surface area contributed by atoms with Crippen LogP contribution in [0.5, 0.6) is 17.2 Å². The molecule has 0 aliphatic carbocycles. The highest BCUT2D eigenvalue weighted by Gasteiger charge is 2.21. The van der Waals surface area contributed by atoms with E-state index in [1.165, 1.54) is 0 Å². The molecule has 8 nitrogen and oxygen atoms in total. The lowest BCUT2D eigenvalue weighted by Gasteiger charge is -2.17. The van der Waals surface area contributed by atoms with Crippen molar-refractivity contribution in [2.24, 2.45) is 0 Å². The van der Waals surface area contributed by atoms with E-state index in [1.807, 2.05) is 16.8 Å². The third-order valence-electron chi connectivity index (χ3n) is 4.33. The van der Waals surface area contributed by atoms with E-state index in [0.29, 0.717) is 51.3 Å². The zero-order valence-corrected chi connectivity index (χ0v) is 19.0. The molecule has 10 heteroatoms. The van der Waals surface area contributed by atoms with Crippen LogP contribution in [-0.2, 0) is 6.54 Å². The third-order valence-corrected chi connectivity index (χ3v) is 5.48. The quantitative estimate of drug-likeness (QED) is 0.399. The van der Waals surface area contributed by atoms with Gasteiger partial charge in [0.2, 0.25) is 11.7 Å². The van der Waals surface area contributed by atoms with Crippen molar-refractivity contribution < 1.29 is 19.3 Å². The molecule has 0 amide bonds. The summed E-state index contributed by atoms with van der Waals surface area (Å²) in [4.78, 5) is 8.40. The molecule has 158 valence electrons. The van der Waals surface area contributed by atoms with Crippen LogP contribution in [0.1, 0.15) is 17.5 Å². The molecule has 30 heavy (non-hydrogen) atoms. The highest BCUT2D eigenvalue weighted by molar-refractivity contribution is 9.10. The second-order valence-electron chi connectivity index (χ2n) is 6.14. The van der Waals surface area contributed by atoms with E-state index >= 15 is 0 Å². The first-order valence-corrected chi connectivity index (χ1v) is 10.0. The standard InChI is InChI=1S/C20H20BrClN4O4/c1-28-13-8-12(15(21)17(30-3)16(13)29-2)10-26-9-11(6-4-5-7-27)14-18(22)24-20(23)25-19(14)26/h8-9,27H,5,7,10H2,1-3H3,(H2,23,24,25). The Labute approximate surface area is 187 Å². The van der Waals surface area contributed by atoms with Gasteiger partial charge < -0.3 is 29.6 Å². The molecule has 0 radical (unpaired) electrons. The van der Waals surface area contributed by atoms with E-state index in [-0.39, 0.29) is 17.7 Å². The van der Waals surface area contributed by atoms with Crippen LogP contribution >= 0.6 is 27.5 Å². The molecule has 3 N–H and O–H groups in total. The van der Waals surface area contributed by atoms with E-state index in [4.69, 9.17) is 36.7 Å². The van der Waals surface area contributed by atoms with Gasteiger partial charge in [0, 0.05) is 12.6 Å². The van der Waals surface area contributed by atoms with Crippen molar-refractivity contribution in [3.05, 3.63) is 33.0 Å². The monoisotopic (exact) mass is 494 g/mol. The van der Waals surface area contributed by atoms with Crippen molar-refractivity contribution in [1.29, 1.82) is 0 Å². The van der Waals surface area contributed by atoms with Gasteiger partial charge in [0.15, 0.2) is 11.5 Å². The van der Waals surface area contributed by atoms with E-state index in [0.717, 1.165) is 5.56 Å². The van der Waals surface area contributed by atoms with Gasteiger partial charge in [0.25, 0.3) is 0 Å². The number of fused-ring (bicyclic) bond motifs is 1. The topological polar surface area (TPSA) is 105 Å². The number of aliphatic hydroxyl groups is 1. The number of aliphatic hydroxyl groups excluding tert-OH is 1. The maximum atomic E-state index is 9.01. The van der Waals surface area contributed by atoms with Gasteiger partial charge >= 0.3 is 0 Å².